The Morgan fingerprint density at radius 1 is 1.10 bits per heavy atom. The fourth-order valence-electron chi connectivity index (χ4n) is 2.83. The number of halogens is 2. The average Bonchev–Trinajstić information content (AvgIpc) is 2.69. The largest absolute Gasteiger partial charge is 0.451 e. The summed E-state index contributed by atoms with van der Waals surface area (Å²) in [4.78, 5) is 38.9. The lowest BCUT2D eigenvalue weighted by molar-refractivity contribution is -0.116. The summed E-state index contributed by atoms with van der Waals surface area (Å²) in [5.74, 6) is -1.17. The van der Waals surface area contributed by atoms with Crippen molar-refractivity contribution < 1.29 is 14.0 Å². The van der Waals surface area contributed by atoms with E-state index in [9.17, 15) is 14.4 Å². The molecule has 3 rings (SSSR count). The van der Waals surface area contributed by atoms with Gasteiger partial charge in [0.15, 0.2) is 11.2 Å². The molecule has 3 aromatic rings. The molecule has 6 nitrogen and oxygen atoms in total. The number of carbonyl (C=O) groups excluding carboxylic acids is 2. The molecule has 0 radical (unpaired) electrons. The van der Waals surface area contributed by atoms with Crippen LogP contribution < -0.4 is 10.7 Å². The van der Waals surface area contributed by atoms with Crippen molar-refractivity contribution in [2.24, 2.45) is 0 Å². The minimum atomic E-state index is -0.563. The molecule has 0 spiro atoms. The summed E-state index contributed by atoms with van der Waals surface area (Å²) < 4.78 is 5.62. The number of likely N-dealkylation sites (N-methyl/N-ethyl adjacent to an activating group) is 1. The number of carbonyl (C=O) groups is 2. The highest BCUT2D eigenvalue weighted by Crippen LogP contribution is 2.29. The summed E-state index contributed by atoms with van der Waals surface area (Å²) in [5.41, 5.74) is 1.18. The van der Waals surface area contributed by atoms with E-state index in [2.05, 4.69) is 5.32 Å². The fraction of sp³-hybridized carbons (Fsp3) is 0.190. The number of nitrogens with one attached hydrogen (secondary N) is 1. The van der Waals surface area contributed by atoms with Crippen LogP contribution in [0.3, 0.4) is 0 Å². The third-order valence-corrected chi connectivity index (χ3v) is 4.95. The van der Waals surface area contributed by atoms with Gasteiger partial charge in [-0.2, -0.15) is 0 Å². The molecule has 2 amide bonds. The van der Waals surface area contributed by atoms with Gasteiger partial charge in [0.25, 0.3) is 5.91 Å². The van der Waals surface area contributed by atoms with E-state index in [1.54, 1.807) is 43.3 Å². The lowest BCUT2D eigenvalue weighted by Crippen LogP contribution is -2.38. The summed E-state index contributed by atoms with van der Waals surface area (Å²) in [6, 6.07) is 11.1. The second kappa shape index (κ2) is 8.68. The maximum absolute atomic E-state index is 12.8. The van der Waals surface area contributed by atoms with E-state index in [-0.39, 0.29) is 40.0 Å². The molecule has 0 saturated carbocycles. The van der Waals surface area contributed by atoms with Crippen molar-refractivity contribution in [2.75, 3.05) is 18.4 Å². The third kappa shape index (κ3) is 4.60. The first-order valence-corrected chi connectivity index (χ1v) is 9.63. The number of hydrogen-bond acceptors (Lipinski definition) is 4. The van der Waals surface area contributed by atoms with Gasteiger partial charge in [-0.05, 0) is 38.1 Å². The van der Waals surface area contributed by atoms with Crippen molar-refractivity contribution in [3.63, 3.8) is 0 Å². The monoisotopic (exact) mass is 432 g/mol. The van der Waals surface area contributed by atoms with Crippen molar-refractivity contribution in [2.45, 2.75) is 13.8 Å². The number of para-hydroxylation sites is 1. The van der Waals surface area contributed by atoms with Crippen LogP contribution in [0.5, 0.6) is 0 Å². The summed E-state index contributed by atoms with van der Waals surface area (Å²) in [6.45, 7) is 3.56. The number of aryl methyl sites for hydroxylation is 1. The van der Waals surface area contributed by atoms with Crippen LogP contribution in [0.4, 0.5) is 5.69 Å². The Labute approximate surface area is 177 Å². The zero-order chi connectivity index (χ0) is 21.1. The average molecular weight is 433 g/mol. The molecule has 2 aromatic carbocycles. The van der Waals surface area contributed by atoms with Gasteiger partial charge in [-0.25, -0.2) is 0 Å². The van der Waals surface area contributed by atoms with Crippen LogP contribution in [0, 0.1) is 6.92 Å². The van der Waals surface area contributed by atoms with E-state index in [1.807, 2.05) is 6.92 Å². The number of hydrogen-bond donors (Lipinski definition) is 1. The Morgan fingerprint density at radius 2 is 1.79 bits per heavy atom. The minimum absolute atomic E-state index is 0.128. The lowest BCUT2D eigenvalue weighted by Gasteiger charge is -2.20. The number of amides is 2. The van der Waals surface area contributed by atoms with Gasteiger partial charge >= 0.3 is 0 Å². The SMILES string of the molecule is CCN(CC(=O)Nc1c(Cl)cccc1Cl)C(=O)c1cc(=O)c2cc(C)ccc2o1. The standard InChI is InChI=1S/C21H18Cl2N2O4/c1-3-25(11-19(27)24-20-14(22)5-4-6-15(20)23)21(28)18-10-16(26)13-9-12(2)7-8-17(13)29-18/h4-10H,3,11H2,1-2H3,(H,24,27). The molecular weight excluding hydrogens is 415 g/mol. The quantitative estimate of drug-likeness (QED) is 0.642. The fourth-order valence-corrected chi connectivity index (χ4v) is 3.32. The zero-order valence-corrected chi connectivity index (χ0v) is 17.3. The molecule has 150 valence electrons. The zero-order valence-electron chi connectivity index (χ0n) is 15.8. The van der Waals surface area contributed by atoms with Gasteiger partial charge in [0, 0.05) is 12.6 Å². The second-order valence-corrected chi connectivity index (χ2v) is 7.25. The lowest BCUT2D eigenvalue weighted by atomic mass is 10.1. The Bertz CT molecular complexity index is 1140. The highest BCUT2D eigenvalue weighted by Gasteiger charge is 2.22. The van der Waals surface area contributed by atoms with Crippen molar-refractivity contribution in [3.05, 3.63) is 74.1 Å². The molecule has 8 heteroatoms. The van der Waals surface area contributed by atoms with Gasteiger partial charge in [0.05, 0.1) is 21.1 Å². The number of nitrogens with zero attached hydrogens (tertiary/aromatic N) is 1. The first-order valence-electron chi connectivity index (χ1n) is 8.87. The van der Waals surface area contributed by atoms with Crippen LogP contribution in [0.1, 0.15) is 23.0 Å². The molecule has 1 heterocycles. The van der Waals surface area contributed by atoms with Gasteiger partial charge in [-0.15, -0.1) is 0 Å². The Morgan fingerprint density at radius 3 is 2.45 bits per heavy atom. The summed E-state index contributed by atoms with van der Waals surface area (Å²) >= 11 is 12.1. The van der Waals surface area contributed by atoms with E-state index in [0.29, 0.717) is 11.0 Å². The Kier molecular flexibility index (Phi) is 6.25. The maximum atomic E-state index is 12.8. The number of benzene rings is 2. The summed E-state index contributed by atoms with van der Waals surface area (Å²) in [6.07, 6.45) is 0. The molecular formula is C21H18Cl2N2O4. The highest BCUT2D eigenvalue weighted by atomic mass is 35.5. The highest BCUT2D eigenvalue weighted by molar-refractivity contribution is 6.39. The second-order valence-electron chi connectivity index (χ2n) is 6.44. The summed E-state index contributed by atoms with van der Waals surface area (Å²) in [5, 5.41) is 3.58. The summed E-state index contributed by atoms with van der Waals surface area (Å²) in [7, 11) is 0. The molecule has 0 aliphatic heterocycles. The van der Waals surface area contributed by atoms with Crippen LogP contribution in [-0.4, -0.2) is 29.8 Å². The van der Waals surface area contributed by atoms with E-state index >= 15 is 0 Å². The molecule has 1 N–H and O–H groups in total. The van der Waals surface area contributed by atoms with E-state index in [4.69, 9.17) is 27.6 Å². The number of fused-ring (bicyclic) bond motifs is 1. The number of anilines is 1. The van der Waals surface area contributed by atoms with Crippen molar-refractivity contribution in [1.82, 2.24) is 4.90 Å². The molecule has 0 fully saturated rings. The van der Waals surface area contributed by atoms with Gasteiger partial charge in [-0.1, -0.05) is 40.9 Å². The Balaban J connectivity index is 1.82. The third-order valence-electron chi connectivity index (χ3n) is 4.32. The van der Waals surface area contributed by atoms with Crippen LogP contribution in [0.25, 0.3) is 11.0 Å². The minimum Gasteiger partial charge on any atom is -0.451 e. The van der Waals surface area contributed by atoms with Gasteiger partial charge in [0.2, 0.25) is 5.91 Å². The van der Waals surface area contributed by atoms with Crippen LogP contribution in [0.15, 0.2) is 51.7 Å². The predicted molar refractivity (Wildman–Crippen MR) is 114 cm³/mol. The molecule has 1 aromatic heterocycles. The van der Waals surface area contributed by atoms with E-state index in [0.717, 1.165) is 11.6 Å². The number of rotatable bonds is 5. The van der Waals surface area contributed by atoms with Crippen LogP contribution >= 0.6 is 23.2 Å². The smallest absolute Gasteiger partial charge is 0.290 e. The topological polar surface area (TPSA) is 79.6 Å². The molecule has 0 aliphatic carbocycles. The molecule has 0 bridgehead atoms. The normalized spacial score (nSPS) is 10.8. The van der Waals surface area contributed by atoms with E-state index < -0.39 is 11.8 Å². The van der Waals surface area contributed by atoms with Gasteiger partial charge in [0.1, 0.15) is 12.1 Å². The van der Waals surface area contributed by atoms with Crippen LogP contribution in [-0.2, 0) is 4.79 Å². The first kappa shape index (κ1) is 20.9. The van der Waals surface area contributed by atoms with Crippen molar-refractivity contribution in [3.8, 4) is 0 Å². The van der Waals surface area contributed by atoms with Gasteiger partial charge < -0.3 is 14.6 Å². The van der Waals surface area contributed by atoms with Gasteiger partial charge in [-0.3, -0.25) is 14.4 Å². The van der Waals surface area contributed by atoms with Crippen LogP contribution in [0.2, 0.25) is 10.0 Å². The molecule has 0 saturated heterocycles. The van der Waals surface area contributed by atoms with Crippen molar-refractivity contribution >= 4 is 51.7 Å². The molecule has 0 aliphatic rings. The maximum Gasteiger partial charge on any atom is 0.290 e. The molecule has 0 atom stereocenters. The van der Waals surface area contributed by atoms with Crippen molar-refractivity contribution in [1.29, 1.82) is 0 Å². The molecule has 0 unspecified atom stereocenters. The van der Waals surface area contributed by atoms with E-state index in [1.165, 1.54) is 4.90 Å². The first-order chi connectivity index (χ1) is 13.8. The molecule has 29 heavy (non-hydrogen) atoms. The predicted octanol–water partition coefficient (Wildman–Crippen LogP) is 4.51. The Hall–Kier alpha value is -2.83.